The molecule has 2 aromatic rings. The molecule has 1 unspecified atom stereocenters. The predicted molar refractivity (Wildman–Crippen MR) is 112 cm³/mol. The molecule has 0 radical (unpaired) electrons. The molecular weight excluding hydrogens is 415 g/mol. The summed E-state index contributed by atoms with van der Waals surface area (Å²) in [4.78, 5) is 12.2. The molecule has 0 amide bonds. The highest BCUT2D eigenvalue weighted by Crippen LogP contribution is 2.32. The summed E-state index contributed by atoms with van der Waals surface area (Å²) in [5.41, 5.74) is 2.26. The van der Waals surface area contributed by atoms with Crippen molar-refractivity contribution in [3.8, 4) is 0 Å². The Balaban J connectivity index is 1.71. The SMILES string of the molecule is CC1=NC(Nc2ccnc(F)c2)=C2C=C(Cl)N=C2C1S(=O)(=O)Cc1ccccc1. The Morgan fingerprint density at radius 2 is 1.93 bits per heavy atom. The molecule has 3 heterocycles. The number of halogens is 2. The predicted octanol–water partition coefficient (Wildman–Crippen LogP) is 3.84. The highest BCUT2D eigenvalue weighted by Gasteiger charge is 2.40. The van der Waals surface area contributed by atoms with Crippen molar-refractivity contribution in [2.24, 2.45) is 9.98 Å². The number of allylic oxidation sites excluding steroid dienone is 2. The van der Waals surface area contributed by atoms with Crippen molar-refractivity contribution in [1.82, 2.24) is 4.98 Å². The minimum absolute atomic E-state index is 0.145. The molecule has 29 heavy (non-hydrogen) atoms. The quantitative estimate of drug-likeness (QED) is 0.577. The van der Waals surface area contributed by atoms with Crippen molar-refractivity contribution in [2.45, 2.75) is 17.9 Å². The van der Waals surface area contributed by atoms with Crippen LogP contribution >= 0.6 is 11.6 Å². The van der Waals surface area contributed by atoms with Crippen LogP contribution in [0.15, 0.2) is 81.3 Å². The Bertz CT molecular complexity index is 1200. The van der Waals surface area contributed by atoms with Gasteiger partial charge in [-0.3, -0.25) is 0 Å². The Morgan fingerprint density at radius 1 is 1.17 bits per heavy atom. The van der Waals surface area contributed by atoms with Gasteiger partial charge in [-0.1, -0.05) is 41.9 Å². The van der Waals surface area contributed by atoms with Gasteiger partial charge in [0.05, 0.1) is 11.5 Å². The number of aliphatic imine (C=N–C) groups is 2. The summed E-state index contributed by atoms with van der Waals surface area (Å²) in [5, 5.41) is 2.16. The highest BCUT2D eigenvalue weighted by molar-refractivity contribution is 7.92. The lowest BCUT2D eigenvalue weighted by atomic mass is 10.0. The van der Waals surface area contributed by atoms with Crippen LogP contribution in [0.4, 0.5) is 10.1 Å². The smallest absolute Gasteiger partial charge is 0.214 e. The molecule has 0 saturated heterocycles. The van der Waals surface area contributed by atoms with E-state index in [1.807, 2.05) is 6.07 Å². The van der Waals surface area contributed by atoms with Gasteiger partial charge in [0, 0.05) is 29.2 Å². The van der Waals surface area contributed by atoms with Crippen LogP contribution in [0.5, 0.6) is 0 Å². The van der Waals surface area contributed by atoms with Gasteiger partial charge in [0.15, 0.2) is 9.84 Å². The largest absolute Gasteiger partial charge is 0.340 e. The lowest BCUT2D eigenvalue weighted by Crippen LogP contribution is -2.40. The van der Waals surface area contributed by atoms with Gasteiger partial charge < -0.3 is 5.32 Å². The van der Waals surface area contributed by atoms with Crippen LogP contribution in [0.2, 0.25) is 0 Å². The van der Waals surface area contributed by atoms with Crippen LogP contribution in [0.3, 0.4) is 0 Å². The van der Waals surface area contributed by atoms with Crippen molar-refractivity contribution in [2.75, 3.05) is 5.32 Å². The first kappa shape index (κ1) is 19.5. The second-order valence-corrected chi connectivity index (χ2v) is 9.12. The molecule has 2 aliphatic heterocycles. The molecule has 0 spiro atoms. The zero-order chi connectivity index (χ0) is 20.6. The first-order valence-corrected chi connectivity index (χ1v) is 10.8. The number of nitrogens with zero attached hydrogens (tertiary/aromatic N) is 3. The second kappa shape index (κ2) is 7.53. The average Bonchev–Trinajstić information content (AvgIpc) is 3.03. The summed E-state index contributed by atoms with van der Waals surface area (Å²) in [6.45, 7) is 1.63. The maximum absolute atomic E-state index is 13.4. The third-order valence-corrected chi connectivity index (χ3v) is 6.71. The maximum Gasteiger partial charge on any atom is 0.214 e. The van der Waals surface area contributed by atoms with E-state index >= 15 is 0 Å². The van der Waals surface area contributed by atoms with Crippen molar-refractivity contribution in [3.05, 3.63) is 82.8 Å². The summed E-state index contributed by atoms with van der Waals surface area (Å²) >= 11 is 6.10. The Kier molecular flexibility index (Phi) is 5.06. The zero-order valence-electron chi connectivity index (χ0n) is 15.3. The van der Waals surface area contributed by atoms with E-state index in [0.717, 1.165) is 0 Å². The number of benzene rings is 1. The van der Waals surface area contributed by atoms with Crippen LogP contribution in [0.1, 0.15) is 12.5 Å². The molecule has 1 N–H and O–H groups in total. The van der Waals surface area contributed by atoms with E-state index in [1.54, 1.807) is 43.3 Å². The molecule has 0 saturated carbocycles. The summed E-state index contributed by atoms with van der Waals surface area (Å²) in [7, 11) is -3.65. The molecule has 1 aromatic carbocycles. The molecule has 2 aliphatic rings. The number of hydrogen-bond acceptors (Lipinski definition) is 6. The molecule has 0 fully saturated rings. The van der Waals surface area contributed by atoms with Gasteiger partial charge in [-0.05, 0) is 24.6 Å². The number of hydrogen-bond donors (Lipinski definition) is 1. The molecule has 0 aliphatic carbocycles. The van der Waals surface area contributed by atoms with Gasteiger partial charge >= 0.3 is 0 Å². The van der Waals surface area contributed by atoms with Gasteiger partial charge in [-0.2, -0.15) is 4.39 Å². The number of nitrogens with one attached hydrogen (secondary N) is 1. The lowest BCUT2D eigenvalue weighted by Gasteiger charge is -2.25. The van der Waals surface area contributed by atoms with E-state index in [4.69, 9.17) is 11.6 Å². The fourth-order valence-corrected chi connectivity index (χ4v) is 5.43. The number of rotatable bonds is 5. The van der Waals surface area contributed by atoms with E-state index in [2.05, 4.69) is 20.3 Å². The van der Waals surface area contributed by atoms with Gasteiger partial charge in [0.2, 0.25) is 5.95 Å². The summed E-state index contributed by atoms with van der Waals surface area (Å²) in [5.74, 6) is -0.434. The van der Waals surface area contributed by atoms with Gasteiger partial charge in [-0.15, -0.1) is 0 Å². The van der Waals surface area contributed by atoms with Crippen LogP contribution in [-0.2, 0) is 15.6 Å². The maximum atomic E-state index is 13.4. The fraction of sp³-hybridized carbons (Fsp3) is 0.150. The molecule has 4 rings (SSSR count). The average molecular weight is 431 g/mol. The van der Waals surface area contributed by atoms with Gasteiger partial charge in [0.1, 0.15) is 16.2 Å². The zero-order valence-corrected chi connectivity index (χ0v) is 16.9. The fourth-order valence-electron chi connectivity index (χ4n) is 3.32. The first-order valence-electron chi connectivity index (χ1n) is 8.73. The third kappa shape index (κ3) is 3.99. The van der Waals surface area contributed by atoms with Crippen LogP contribution < -0.4 is 5.32 Å². The molecule has 6 nitrogen and oxygen atoms in total. The first-order chi connectivity index (χ1) is 13.8. The minimum atomic E-state index is -3.65. The number of aromatic nitrogens is 1. The number of fused-ring (bicyclic) bond motifs is 1. The van der Waals surface area contributed by atoms with Crippen LogP contribution in [-0.4, -0.2) is 30.1 Å². The Morgan fingerprint density at radius 3 is 2.66 bits per heavy atom. The number of pyridine rings is 1. The summed E-state index contributed by atoms with van der Waals surface area (Å²) in [6, 6.07) is 11.7. The van der Waals surface area contributed by atoms with Crippen molar-refractivity contribution in [1.29, 1.82) is 0 Å². The van der Waals surface area contributed by atoms with Gasteiger partial charge in [-0.25, -0.2) is 23.4 Å². The number of sulfone groups is 1. The Hall–Kier alpha value is -2.84. The van der Waals surface area contributed by atoms with E-state index in [-0.39, 0.29) is 10.9 Å². The molecule has 0 bridgehead atoms. The molecule has 9 heteroatoms. The Labute approximate surface area is 172 Å². The summed E-state index contributed by atoms with van der Waals surface area (Å²) in [6.07, 6.45) is 2.87. The van der Waals surface area contributed by atoms with Crippen molar-refractivity contribution >= 4 is 38.5 Å². The molecule has 148 valence electrons. The standard InChI is InChI=1S/C20H16ClFN4O2S/c1-12-19(29(27,28)11-13-5-3-2-4-6-13)18-15(10-16(21)26-18)20(24-12)25-14-7-8-23-17(22)9-14/h2-10,19H,11H2,1H3,(H,23,25). The normalized spacial score (nSPS) is 18.7. The summed E-state index contributed by atoms with van der Waals surface area (Å²) < 4.78 is 39.8. The molecular formula is C20H16ClFN4O2S. The van der Waals surface area contributed by atoms with Crippen LogP contribution in [0, 0.1) is 5.95 Å². The third-order valence-electron chi connectivity index (χ3n) is 4.50. The number of anilines is 1. The minimum Gasteiger partial charge on any atom is -0.340 e. The monoisotopic (exact) mass is 430 g/mol. The highest BCUT2D eigenvalue weighted by atomic mass is 35.5. The topological polar surface area (TPSA) is 83.8 Å². The van der Waals surface area contributed by atoms with Crippen molar-refractivity contribution < 1.29 is 12.8 Å². The van der Waals surface area contributed by atoms with E-state index in [9.17, 15) is 12.8 Å². The van der Waals surface area contributed by atoms with E-state index in [0.29, 0.717) is 34.1 Å². The van der Waals surface area contributed by atoms with Crippen LogP contribution in [0.25, 0.3) is 0 Å². The van der Waals surface area contributed by atoms with E-state index < -0.39 is 21.0 Å². The molecule has 1 atom stereocenters. The lowest BCUT2D eigenvalue weighted by molar-refractivity contribution is 0.584. The van der Waals surface area contributed by atoms with E-state index in [1.165, 1.54) is 12.3 Å². The second-order valence-electron chi connectivity index (χ2n) is 6.64. The van der Waals surface area contributed by atoms with Crippen molar-refractivity contribution in [3.63, 3.8) is 0 Å². The van der Waals surface area contributed by atoms with Gasteiger partial charge in [0.25, 0.3) is 0 Å². The molecule has 1 aromatic heterocycles.